The molecule has 0 aromatic carbocycles. The van der Waals surface area contributed by atoms with Gasteiger partial charge in [-0.05, 0) is 39.2 Å². The Morgan fingerprint density at radius 3 is 2.47 bits per heavy atom. The summed E-state index contributed by atoms with van der Waals surface area (Å²) in [4.78, 5) is 2.72. The molecule has 1 N–H and O–H groups in total. The van der Waals surface area contributed by atoms with E-state index in [-0.39, 0.29) is 0 Å². The molecule has 0 spiro atoms. The first kappa shape index (κ1) is 13.0. The number of piperidine rings is 1. The quantitative estimate of drug-likeness (QED) is 0.770. The van der Waals surface area contributed by atoms with Gasteiger partial charge in [-0.25, -0.2) is 0 Å². The van der Waals surface area contributed by atoms with Crippen LogP contribution in [0.1, 0.15) is 47.0 Å². The summed E-state index contributed by atoms with van der Waals surface area (Å²) >= 11 is 0. The molecule has 1 fully saturated rings. The first-order valence-corrected chi connectivity index (χ1v) is 6.53. The van der Waals surface area contributed by atoms with Crippen LogP contribution in [0.2, 0.25) is 0 Å². The van der Waals surface area contributed by atoms with E-state index in [9.17, 15) is 0 Å². The van der Waals surface area contributed by atoms with Gasteiger partial charge in [0.2, 0.25) is 0 Å². The molecule has 15 heavy (non-hydrogen) atoms. The molecule has 1 aliphatic rings. The van der Waals surface area contributed by atoms with Crippen LogP contribution in [0.15, 0.2) is 0 Å². The number of likely N-dealkylation sites (tertiary alicyclic amines) is 1. The van der Waals surface area contributed by atoms with E-state index < -0.39 is 0 Å². The molecular formula is C13H28N2. The molecule has 1 aliphatic heterocycles. The second-order valence-corrected chi connectivity index (χ2v) is 5.32. The lowest BCUT2D eigenvalue weighted by atomic mass is 9.91. The molecule has 0 amide bonds. The standard InChI is InChI=1S/C13H28N2/c1-6-13(10(2)3)15-8-7-12(14-5)9-11(15)4/h10-14H,6-9H2,1-5H3. The third-order valence-electron chi connectivity index (χ3n) is 3.95. The van der Waals surface area contributed by atoms with Crippen molar-refractivity contribution in [3.8, 4) is 0 Å². The zero-order valence-corrected chi connectivity index (χ0v) is 11.1. The average molecular weight is 212 g/mol. The Hall–Kier alpha value is -0.0800. The average Bonchev–Trinajstić information content (AvgIpc) is 2.20. The van der Waals surface area contributed by atoms with Gasteiger partial charge in [-0.15, -0.1) is 0 Å². The highest BCUT2D eigenvalue weighted by Gasteiger charge is 2.30. The number of nitrogens with one attached hydrogen (secondary N) is 1. The maximum Gasteiger partial charge on any atom is 0.0118 e. The van der Waals surface area contributed by atoms with E-state index >= 15 is 0 Å². The predicted octanol–water partition coefficient (Wildman–Crippen LogP) is 2.49. The van der Waals surface area contributed by atoms with E-state index in [1.165, 1.54) is 25.8 Å². The first-order chi connectivity index (χ1) is 7.10. The molecule has 0 aromatic heterocycles. The Labute approximate surface area is 95.4 Å². The van der Waals surface area contributed by atoms with Crippen molar-refractivity contribution < 1.29 is 0 Å². The molecule has 1 saturated heterocycles. The second-order valence-electron chi connectivity index (χ2n) is 5.32. The van der Waals surface area contributed by atoms with Crippen molar-refractivity contribution in [1.29, 1.82) is 0 Å². The second kappa shape index (κ2) is 5.86. The van der Waals surface area contributed by atoms with E-state index in [0.717, 1.165) is 24.0 Å². The summed E-state index contributed by atoms with van der Waals surface area (Å²) in [6.07, 6.45) is 3.90. The third-order valence-corrected chi connectivity index (χ3v) is 3.95. The van der Waals surface area contributed by atoms with Gasteiger partial charge in [0.1, 0.15) is 0 Å². The van der Waals surface area contributed by atoms with Crippen molar-refractivity contribution in [2.24, 2.45) is 5.92 Å². The summed E-state index contributed by atoms with van der Waals surface area (Å²) in [5.41, 5.74) is 0. The normalized spacial score (nSPS) is 30.8. The molecule has 0 aromatic rings. The number of rotatable bonds is 4. The van der Waals surface area contributed by atoms with Crippen LogP contribution in [0.3, 0.4) is 0 Å². The van der Waals surface area contributed by atoms with Crippen molar-refractivity contribution in [3.05, 3.63) is 0 Å². The molecule has 90 valence electrons. The van der Waals surface area contributed by atoms with Crippen LogP contribution >= 0.6 is 0 Å². The van der Waals surface area contributed by atoms with E-state index in [1.807, 2.05) is 0 Å². The van der Waals surface area contributed by atoms with Crippen LogP contribution in [0.25, 0.3) is 0 Å². The van der Waals surface area contributed by atoms with Crippen molar-refractivity contribution in [2.75, 3.05) is 13.6 Å². The maximum atomic E-state index is 3.41. The van der Waals surface area contributed by atoms with Gasteiger partial charge >= 0.3 is 0 Å². The Morgan fingerprint density at radius 1 is 1.40 bits per heavy atom. The maximum absolute atomic E-state index is 3.41. The molecule has 1 heterocycles. The van der Waals surface area contributed by atoms with Crippen molar-refractivity contribution in [1.82, 2.24) is 10.2 Å². The Kier molecular flexibility index (Phi) is 5.07. The van der Waals surface area contributed by atoms with Gasteiger partial charge < -0.3 is 5.32 Å². The molecule has 3 atom stereocenters. The number of hydrogen-bond acceptors (Lipinski definition) is 2. The molecular weight excluding hydrogens is 184 g/mol. The highest BCUT2D eigenvalue weighted by atomic mass is 15.2. The zero-order chi connectivity index (χ0) is 11.4. The lowest BCUT2D eigenvalue weighted by Gasteiger charge is -2.43. The van der Waals surface area contributed by atoms with Crippen LogP contribution in [0.5, 0.6) is 0 Å². The van der Waals surface area contributed by atoms with Crippen LogP contribution in [-0.4, -0.2) is 36.6 Å². The summed E-state index contributed by atoms with van der Waals surface area (Å²) in [7, 11) is 2.09. The van der Waals surface area contributed by atoms with Gasteiger partial charge in [-0.2, -0.15) is 0 Å². The van der Waals surface area contributed by atoms with Gasteiger partial charge in [0.25, 0.3) is 0 Å². The van der Waals surface area contributed by atoms with Gasteiger partial charge in [0.15, 0.2) is 0 Å². The SMILES string of the molecule is CCC(C(C)C)N1CCC(NC)CC1C. The Morgan fingerprint density at radius 2 is 2.07 bits per heavy atom. The fraction of sp³-hybridized carbons (Fsp3) is 1.00. The largest absolute Gasteiger partial charge is 0.317 e. The van der Waals surface area contributed by atoms with Crippen molar-refractivity contribution in [2.45, 2.75) is 65.1 Å². The summed E-state index contributed by atoms with van der Waals surface area (Å²) in [5, 5.41) is 3.41. The molecule has 0 bridgehead atoms. The number of hydrogen-bond donors (Lipinski definition) is 1. The minimum absolute atomic E-state index is 0.737. The summed E-state index contributed by atoms with van der Waals surface area (Å²) < 4.78 is 0. The van der Waals surface area contributed by atoms with Crippen LogP contribution in [0.4, 0.5) is 0 Å². The predicted molar refractivity (Wildman–Crippen MR) is 67.2 cm³/mol. The number of nitrogens with zero attached hydrogens (tertiary/aromatic N) is 1. The van der Waals surface area contributed by atoms with E-state index in [1.54, 1.807) is 0 Å². The molecule has 0 aliphatic carbocycles. The Balaban J connectivity index is 2.56. The fourth-order valence-electron chi connectivity index (χ4n) is 3.03. The van der Waals surface area contributed by atoms with E-state index in [0.29, 0.717) is 0 Å². The van der Waals surface area contributed by atoms with E-state index in [2.05, 4.69) is 45.0 Å². The zero-order valence-electron chi connectivity index (χ0n) is 11.1. The van der Waals surface area contributed by atoms with Crippen molar-refractivity contribution >= 4 is 0 Å². The van der Waals surface area contributed by atoms with Crippen LogP contribution in [0, 0.1) is 5.92 Å². The minimum atomic E-state index is 0.737. The minimum Gasteiger partial charge on any atom is -0.317 e. The molecule has 1 rings (SSSR count). The smallest absolute Gasteiger partial charge is 0.0118 e. The molecule has 3 unspecified atom stereocenters. The van der Waals surface area contributed by atoms with Gasteiger partial charge in [-0.1, -0.05) is 20.8 Å². The first-order valence-electron chi connectivity index (χ1n) is 6.53. The van der Waals surface area contributed by atoms with E-state index in [4.69, 9.17) is 0 Å². The third kappa shape index (κ3) is 3.18. The molecule has 0 radical (unpaired) electrons. The fourth-order valence-corrected chi connectivity index (χ4v) is 3.03. The van der Waals surface area contributed by atoms with Gasteiger partial charge in [0.05, 0.1) is 0 Å². The highest BCUT2D eigenvalue weighted by Crippen LogP contribution is 2.24. The monoisotopic (exact) mass is 212 g/mol. The van der Waals surface area contributed by atoms with Gasteiger partial charge in [-0.3, -0.25) is 4.90 Å². The highest BCUT2D eigenvalue weighted by molar-refractivity contribution is 4.86. The molecule has 0 saturated carbocycles. The molecule has 2 nitrogen and oxygen atoms in total. The van der Waals surface area contributed by atoms with Crippen molar-refractivity contribution in [3.63, 3.8) is 0 Å². The van der Waals surface area contributed by atoms with Crippen LogP contribution < -0.4 is 5.32 Å². The molecule has 2 heteroatoms. The summed E-state index contributed by atoms with van der Waals surface area (Å²) in [5.74, 6) is 0.781. The lowest BCUT2D eigenvalue weighted by molar-refractivity contribution is 0.0635. The topological polar surface area (TPSA) is 15.3 Å². The summed E-state index contributed by atoms with van der Waals surface area (Å²) in [6.45, 7) is 10.7. The lowest BCUT2D eigenvalue weighted by Crippen LogP contribution is -2.52. The summed E-state index contributed by atoms with van der Waals surface area (Å²) in [6, 6.07) is 2.25. The van der Waals surface area contributed by atoms with Crippen LogP contribution in [-0.2, 0) is 0 Å². The Bertz CT molecular complexity index is 179. The van der Waals surface area contributed by atoms with Gasteiger partial charge in [0, 0.05) is 24.7 Å².